The Morgan fingerprint density at radius 1 is 1.00 bits per heavy atom. The quantitative estimate of drug-likeness (QED) is 0.411. The van der Waals surface area contributed by atoms with Crippen molar-refractivity contribution in [3.05, 3.63) is 0 Å². The number of carbonyl (C=O) groups is 1. The molecule has 2 nitrogen and oxygen atoms in total. The molecule has 0 amide bonds. The Morgan fingerprint density at radius 2 is 1.61 bits per heavy atom. The number of rotatable bonds is 10. The van der Waals surface area contributed by atoms with Crippen molar-refractivity contribution in [1.82, 2.24) is 0 Å². The Bertz CT molecular complexity index is 213. The maximum Gasteiger partial charge on any atom is 0.306 e. The summed E-state index contributed by atoms with van der Waals surface area (Å²) in [6, 6.07) is 0. The van der Waals surface area contributed by atoms with Crippen LogP contribution in [0.4, 0.5) is 0 Å². The normalized spacial score (nSPS) is 19.8. The van der Waals surface area contributed by atoms with E-state index < -0.39 is 0 Å². The van der Waals surface area contributed by atoms with Crippen LogP contribution in [-0.4, -0.2) is 12.6 Å². The predicted molar refractivity (Wildman–Crippen MR) is 75.5 cm³/mol. The van der Waals surface area contributed by atoms with Crippen LogP contribution >= 0.6 is 0 Å². The Kier molecular flexibility index (Phi) is 8.97. The predicted octanol–water partition coefficient (Wildman–Crippen LogP) is 4.86. The molecule has 0 N–H and O–H groups in total. The van der Waals surface area contributed by atoms with Crippen LogP contribution < -0.4 is 0 Å². The van der Waals surface area contributed by atoms with Gasteiger partial charge in [-0.3, -0.25) is 4.79 Å². The lowest BCUT2D eigenvalue weighted by atomic mass is 9.93. The molecule has 106 valence electrons. The summed E-state index contributed by atoms with van der Waals surface area (Å²) in [7, 11) is 0. The van der Waals surface area contributed by atoms with Gasteiger partial charge in [-0.05, 0) is 18.8 Å². The third kappa shape index (κ3) is 7.73. The molecule has 1 rings (SSSR count). The van der Waals surface area contributed by atoms with E-state index >= 15 is 0 Å². The highest BCUT2D eigenvalue weighted by atomic mass is 16.5. The number of hydrogen-bond acceptors (Lipinski definition) is 2. The van der Waals surface area contributed by atoms with Crippen molar-refractivity contribution in [3.63, 3.8) is 0 Å². The molecule has 1 fully saturated rings. The van der Waals surface area contributed by atoms with Gasteiger partial charge in [0.25, 0.3) is 0 Å². The molecule has 0 aromatic rings. The van der Waals surface area contributed by atoms with Gasteiger partial charge < -0.3 is 4.74 Å². The first-order chi connectivity index (χ1) is 8.83. The van der Waals surface area contributed by atoms with E-state index in [4.69, 9.17) is 4.74 Å². The van der Waals surface area contributed by atoms with Crippen molar-refractivity contribution in [2.45, 2.75) is 84.0 Å². The average molecular weight is 254 g/mol. The summed E-state index contributed by atoms with van der Waals surface area (Å²) in [5, 5.41) is 0. The molecule has 1 aliphatic heterocycles. The van der Waals surface area contributed by atoms with Crippen LogP contribution in [0, 0.1) is 5.92 Å². The lowest BCUT2D eigenvalue weighted by molar-refractivity contribution is -0.149. The molecule has 0 spiro atoms. The zero-order valence-electron chi connectivity index (χ0n) is 12.1. The molecule has 0 bridgehead atoms. The molecular weight excluding hydrogens is 224 g/mol. The van der Waals surface area contributed by atoms with Crippen molar-refractivity contribution in [1.29, 1.82) is 0 Å². The summed E-state index contributed by atoms with van der Waals surface area (Å²) < 4.78 is 4.96. The fraction of sp³-hybridized carbons (Fsp3) is 0.938. The molecule has 0 radical (unpaired) electrons. The largest absolute Gasteiger partial charge is 0.466 e. The number of esters is 1. The highest BCUT2D eigenvalue weighted by Gasteiger charge is 2.19. The Balaban J connectivity index is 1.82. The molecule has 0 aromatic carbocycles. The van der Waals surface area contributed by atoms with Crippen LogP contribution in [0.5, 0.6) is 0 Å². The highest BCUT2D eigenvalue weighted by molar-refractivity contribution is 5.70. The Morgan fingerprint density at radius 3 is 2.22 bits per heavy atom. The molecule has 0 unspecified atom stereocenters. The van der Waals surface area contributed by atoms with Crippen molar-refractivity contribution in [2.75, 3.05) is 6.61 Å². The summed E-state index contributed by atoms with van der Waals surface area (Å²) in [4.78, 5) is 11.1. The lowest BCUT2D eigenvalue weighted by Crippen LogP contribution is -2.20. The Labute approximate surface area is 112 Å². The number of hydrogen-bond donors (Lipinski definition) is 0. The van der Waals surface area contributed by atoms with Gasteiger partial charge in [0.2, 0.25) is 0 Å². The molecule has 0 saturated carbocycles. The van der Waals surface area contributed by atoms with Gasteiger partial charge in [0, 0.05) is 6.42 Å². The van der Waals surface area contributed by atoms with E-state index in [1.807, 2.05) is 0 Å². The van der Waals surface area contributed by atoms with E-state index in [1.54, 1.807) is 0 Å². The zero-order chi connectivity index (χ0) is 13.1. The monoisotopic (exact) mass is 254 g/mol. The summed E-state index contributed by atoms with van der Waals surface area (Å²) >= 11 is 0. The first kappa shape index (κ1) is 15.5. The topological polar surface area (TPSA) is 26.3 Å². The van der Waals surface area contributed by atoms with Gasteiger partial charge in [0.15, 0.2) is 0 Å². The number of ether oxygens (including phenoxy) is 1. The molecule has 1 atom stereocenters. The van der Waals surface area contributed by atoms with E-state index in [9.17, 15) is 4.79 Å². The van der Waals surface area contributed by atoms with Gasteiger partial charge in [0.05, 0.1) is 6.61 Å². The van der Waals surface area contributed by atoms with Crippen molar-refractivity contribution < 1.29 is 9.53 Å². The third-order valence-corrected chi connectivity index (χ3v) is 3.96. The number of cyclic esters (lactones) is 1. The molecule has 18 heavy (non-hydrogen) atoms. The average Bonchev–Trinajstić information content (AvgIpc) is 2.37. The standard InChI is InChI=1S/C16H30O2/c1-2-3-4-5-6-7-8-9-10-11-15-12-13-18-16(17)14-15/h15H,2-14H2,1H3/t15-/m0/s1. The van der Waals surface area contributed by atoms with Crippen LogP contribution in [0.25, 0.3) is 0 Å². The maximum atomic E-state index is 11.1. The third-order valence-electron chi connectivity index (χ3n) is 3.96. The first-order valence-electron chi connectivity index (χ1n) is 7.98. The van der Waals surface area contributed by atoms with E-state index in [-0.39, 0.29) is 5.97 Å². The van der Waals surface area contributed by atoms with Gasteiger partial charge in [-0.25, -0.2) is 0 Å². The van der Waals surface area contributed by atoms with Crippen LogP contribution in [0.1, 0.15) is 84.0 Å². The second kappa shape index (κ2) is 10.4. The maximum absolute atomic E-state index is 11.1. The minimum atomic E-state index is 0.0159. The van der Waals surface area contributed by atoms with E-state index in [2.05, 4.69) is 6.92 Å². The smallest absolute Gasteiger partial charge is 0.306 e. The SMILES string of the molecule is CCCCCCCCCCC[C@H]1CCOC(=O)C1. The minimum absolute atomic E-state index is 0.0159. The van der Waals surface area contributed by atoms with Gasteiger partial charge in [-0.2, -0.15) is 0 Å². The van der Waals surface area contributed by atoms with E-state index in [0.717, 1.165) is 6.42 Å². The summed E-state index contributed by atoms with van der Waals surface area (Å²) in [5.74, 6) is 0.623. The molecule has 1 heterocycles. The van der Waals surface area contributed by atoms with Crippen molar-refractivity contribution in [3.8, 4) is 0 Å². The van der Waals surface area contributed by atoms with E-state index in [1.165, 1.54) is 64.2 Å². The molecule has 1 aliphatic rings. The fourth-order valence-electron chi connectivity index (χ4n) is 2.73. The Hall–Kier alpha value is -0.530. The molecular formula is C16H30O2. The van der Waals surface area contributed by atoms with Crippen LogP contribution in [0.2, 0.25) is 0 Å². The molecule has 1 saturated heterocycles. The van der Waals surface area contributed by atoms with Gasteiger partial charge in [-0.15, -0.1) is 0 Å². The number of carbonyl (C=O) groups excluding carboxylic acids is 1. The van der Waals surface area contributed by atoms with Crippen molar-refractivity contribution in [2.24, 2.45) is 5.92 Å². The molecule has 2 heteroatoms. The summed E-state index contributed by atoms with van der Waals surface area (Å²) in [6.45, 7) is 2.92. The van der Waals surface area contributed by atoms with Crippen LogP contribution in [0.3, 0.4) is 0 Å². The summed E-state index contributed by atoms with van der Waals surface area (Å²) in [6.07, 6.45) is 15.4. The van der Waals surface area contributed by atoms with Gasteiger partial charge >= 0.3 is 5.97 Å². The number of unbranched alkanes of at least 4 members (excludes halogenated alkanes) is 8. The summed E-state index contributed by atoms with van der Waals surface area (Å²) in [5.41, 5.74) is 0. The van der Waals surface area contributed by atoms with Gasteiger partial charge in [0.1, 0.15) is 0 Å². The van der Waals surface area contributed by atoms with Crippen molar-refractivity contribution >= 4 is 5.97 Å². The highest BCUT2D eigenvalue weighted by Crippen LogP contribution is 2.22. The lowest BCUT2D eigenvalue weighted by Gasteiger charge is -2.20. The zero-order valence-corrected chi connectivity index (χ0v) is 12.1. The van der Waals surface area contributed by atoms with Gasteiger partial charge in [-0.1, -0.05) is 64.7 Å². The minimum Gasteiger partial charge on any atom is -0.466 e. The van der Waals surface area contributed by atoms with E-state index in [0.29, 0.717) is 18.9 Å². The second-order valence-corrected chi connectivity index (χ2v) is 5.70. The second-order valence-electron chi connectivity index (χ2n) is 5.70. The van der Waals surface area contributed by atoms with Crippen LogP contribution in [0.15, 0.2) is 0 Å². The molecule has 0 aromatic heterocycles. The van der Waals surface area contributed by atoms with Crippen LogP contribution in [-0.2, 0) is 9.53 Å². The molecule has 0 aliphatic carbocycles. The first-order valence-corrected chi connectivity index (χ1v) is 7.98. The fourth-order valence-corrected chi connectivity index (χ4v) is 2.73.